The molecular formula is C18H22AsNO5. The SMILES string of the molecule is CCCC([AsH]C(C)=O)C(C(=O)O)c1cc2c(C)cc(=O)oc2cc1N. The van der Waals surface area contributed by atoms with E-state index in [1.54, 1.807) is 13.0 Å². The number of carbonyl (C=O) groups excluding carboxylic acids is 1. The number of carboxylic acid groups (broad SMARTS) is 1. The Labute approximate surface area is 152 Å². The molecule has 2 aromatic rings. The van der Waals surface area contributed by atoms with E-state index in [0.717, 1.165) is 6.42 Å². The van der Waals surface area contributed by atoms with Crippen molar-refractivity contribution in [3.8, 4) is 0 Å². The van der Waals surface area contributed by atoms with Crippen LogP contribution >= 0.6 is 0 Å². The van der Waals surface area contributed by atoms with Gasteiger partial charge < -0.3 is 0 Å². The fourth-order valence-corrected chi connectivity index (χ4v) is 6.11. The predicted octanol–water partition coefficient (Wildman–Crippen LogP) is 2.42. The van der Waals surface area contributed by atoms with Gasteiger partial charge in [-0.1, -0.05) is 0 Å². The molecule has 0 aliphatic heterocycles. The predicted molar refractivity (Wildman–Crippen MR) is 98.5 cm³/mol. The summed E-state index contributed by atoms with van der Waals surface area (Å²) < 4.78 is 5.02. The zero-order chi connectivity index (χ0) is 18.7. The van der Waals surface area contributed by atoms with E-state index in [1.165, 1.54) is 19.1 Å². The first-order valence-electron chi connectivity index (χ1n) is 8.08. The molecular weight excluding hydrogens is 385 g/mol. The van der Waals surface area contributed by atoms with E-state index in [4.69, 9.17) is 10.2 Å². The van der Waals surface area contributed by atoms with Crippen LogP contribution in [0.2, 0.25) is 4.71 Å². The number of carboxylic acids is 1. The Balaban J connectivity index is 2.64. The van der Waals surface area contributed by atoms with Crippen molar-refractivity contribution < 1.29 is 19.1 Å². The number of carbonyl (C=O) groups is 2. The third-order valence-corrected chi connectivity index (χ3v) is 7.08. The third-order valence-electron chi connectivity index (χ3n) is 4.15. The van der Waals surface area contributed by atoms with Crippen LogP contribution in [0.1, 0.15) is 43.7 Å². The summed E-state index contributed by atoms with van der Waals surface area (Å²) in [7, 11) is 0. The summed E-state index contributed by atoms with van der Waals surface area (Å²) in [6.45, 7) is 5.26. The number of nitrogens with two attached hydrogens (primary N) is 1. The molecule has 134 valence electrons. The molecule has 0 saturated carbocycles. The van der Waals surface area contributed by atoms with Crippen molar-refractivity contribution >= 4 is 42.9 Å². The number of aliphatic carboxylic acids is 1. The van der Waals surface area contributed by atoms with Crippen molar-refractivity contribution in [1.82, 2.24) is 0 Å². The average Bonchev–Trinajstić information content (AvgIpc) is 2.47. The van der Waals surface area contributed by atoms with Crippen LogP contribution in [0, 0.1) is 6.92 Å². The minimum absolute atomic E-state index is 0.0752. The molecule has 0 bridgehead atoms. The van der Waals surface area contributed by atoms with Crippen LogP contribution in [0.5, 0.6) is 0 Å². The molecule has 1 aromatic carbocycles. The van der Waals surface area contributed by atoms with Gasteiger partial charge in [0, 0.05) is 0 Å². The molecule has 1 heterocycles. The van der Waals surface area contributed by atoms with Gasteiger partial charge in [-0.2, -0.15) is 0 Å². The van der Waals surface area contributed by atoms with Crippen LogP contribution in [-0.2, 0) is 9.59 Å². The van der Waals surface area contributed by atoms with E-state index in [9.17, 15) is 19.5 Å². The third kappa shape index (κ3) is 4.31. The number of hydrogen-bond acceptors (Lipinski definition) is 5. The van der Waals surface area contributed by atoms with Gasteiger partial charge in [0.15, 0.2) is 0 Å². The summed E-state index contributed by atoms with van der Waals surface area (Å²) in [5.74, 6) is -1.82. The van der Waals surface area contributed by atoms with Crippen LogP contribution in [0.3, 0.4) is 0 Å². The zero-order valence-corrected chi connectivity index (χ0v) is 16.6. The number of anilines is 1. The van der Waals surface area contributed by atoms with Crippen LogP contribution in [-0.4, -0.2) is 31.4 Å². The average molecular weight is 407 g/mol. The molecule has 0 aliphatic rings. The first kappa shape index (κ1) is 19.3. The second-order valence-electron chi connectivity index (χ2n) is 6.14. The number of fused-ring (bicyclic) bond motifs is 1. The van der Waals surface area contributed by atoms with Crippen molar-refractivity contribution in [2.24, 2.45) is 0 Å². The molecule has 3 N–H and O–H groups in total. The number of hydrogen-bond donors (Lipinski definition) is 2. The number of aryl methyl sites for hydroxylation is 1. The van der Waals surface area contributed by atoms with E-state index in [-0.39, 0.29) is 15.0 Å². The van der Waals surface area contributed by atoms with Crippen molar-refractivity contribution in [2.75, 3.05) is 5.73 Å². The molecule has 0 radical (unpaired) electrons. The molecule has 25 heavy (non-hydrogen) atoms. The number of nitrogen functional groups attached to an aromatic ring is 1. The molecule has 2 rings (SSSR count). The maximum absolute atomic E-state index is 12.0. The summed E-state index contributed by atoms with van der Waals surface area (Å²) in [5, 5.41) is 10.5. The van der Waals surface area contributed by atoms with E-state index in [1.807, 2.05) is 6.92 Å². The molecule has 3 unspecified atom stereocenters. The van der Waals surface area contributed by atoms with Crippen LogP contribution in [0.4, 0.5) is 5.69 Å². The van der Waals surface area contributed by atoms with Crippen LogP contribution in [0.25, 0.3) is 11.0 Å². The van der Waals surface area contributed by atoms with Gasteiger partial charge in [0.05, 0.1) is 0 Å². The first-order chi connectivity index (χ1) is 11.7. The Hall–Kier alpha value is -2.07. The Morgan fingerprint density at radius 2 is 2.00 bits per heavy atom. The van der Waals surface area contributed by atoms with Crippen molar-refractivity contribution in [3.05, 3.63) is 39.7 Å². The van der Waals surface area contributed by atoms with Gasteiger partial charge in [-0.3, -0.25) is 0 Å². The fraction of sp³-hybridized carbons (Fsp3) is 0.389. The quantitative estimate of drug-likeness (QED) is 0.414. The molecule has 0 amide bonds. The Morgan fingerprint density at radius 3 is 2.56 bits per heavy atom. The van der Waals surface area contributed by atoms with Crippen LogP contribution < -0.4 is 11.4 Å². The van der Waals surface area contributed by atoms with Gasteiger partial charge in [0.2, 0.25) is 0 Å². The van der Waals surface area contributed by atoms with Gasteiger partial charge in [0.1, 0.15) is 0 Å². The minimum atomic E-state index is -1.08. The Morgan fingerprint density at radius 1 is 1.32 bits per heavy atom. The summed E-state index contributed by atoms with van der Waals surface area (Å²) in [5.41, 5.74) is 7.41. The Bertz CT molecular complexity index is 874. The van der Waals surface area contributed by atoms with Gasteiger partial charge in [-0.15, -0.1) is 0 Å². The fourth-order valence-electron chi connectivity index (χ4n) is 3.08. The van der Waals surface area contributed by atoms with E-state index >= 15 is 0 Å². The second-order valence-corrected chi connectivity index (χ2v) is 9.78. The van der Waals surface area contributed by atoms with E-state index in [0.29, 0.717) is 28.5 Å². The molecule has 7 heteroatoms. The number of benzene rings is 1. The summed E-state index contributed by atoms with van der Waals surface area (Å²) in [6.07, 6.45) is 1.46. The molecule has 0 spiro atoms. The molecule has 3 atom stereocenters. The normalized spacial score (nSPS) is 14.0. The maximum atomic E-state index is 12.0. The molecule has 0 saturated heterocycles. The Kier molecular flexibility index (Phi) is 6.06. The van der Waals surface area contributed by atoms with Gasteiger partial charge >= 0.3 is 152 Å². The summed E-state index contributed by atoms with van der Waals surface area (Å²) in [6, 6.07) is 4.56. The van der Waals surface area contributed by atoms with Gasteiger partial charge in [0.25, 0.3) is 0 Å². The van der Waals surface area contributed by atoms with Gasteiger partial charge in [-0.25, -0.2) is 0 Å². The zero-order valence-electron chi connectivity index (χ0n) is 14.5. The van der Waals surface area contributed by atoms with Gasteiger partial charge in [-0.05, 0) is 0 Å². The van der Waals surface area contributed by atoms with E-state index < -0.39 is 33.3 Å². The van der Waals surface area contributed by atoms with Crippen LogP contribution in [0.15, 0.2) is 27.4 Å². The van der Waals surface area contributed by atoms with Crippen molar-refractivity contribution in [3.63, 3.8) is 0 Å². The molecule has 6 nitrogen and oxygen atoms in total. The number of rotatable bonds is 7. The molecule has 0 aliphatic carbocycles. The first-order valence-corrected chi connectivity index (χ1v) is 10.3. The standard InChI is InChI=1S/C18H22AsNO5/c1-4-5-13(19-10(3)21)17(18(23)24)12-7-11-9(2)6-16(22)25-15(11)8-14(12)20/h6-8,13,17,19H,4-5,20H2,1-3H3,(H,23,24). The molecule has 1 aromatic heterocycles. The topological polar surface area (TPSA) is 111 Å². The monoisotopic (exact) mass is 407 g/mol. The van der Waals surface area contributed by atoms with E-state index in [2.05, 4.69) is 0 Å². The van der Waals surface area contributed by atoms with Crippen molar-refractivity contribution in [1.29, 1.82) is 0 Å². The summed E-state index contributed by atoms with van der Waals surface area (Å²) >= 11 is -1.08. The summed E-state index contributed by atoms with van der Waals surface area (Å²) in [4.78, 5) is 35.2. The molecule has 0 fully saturated rings. The van der Waals surface area contributed by atoms with Crippen molar-refractivity contribution in [2.45, 2.75) is 44.2 Å². The second kappa shape index (κ2) is 7.87.